The number of hydrogen-bond donors (Lipinski definition) is 1. The first-order valence-corrected chi connectivity index (χ1v) is 11.8. The Kier molecular flexibility index (Phi) is 7.71. The molecule has 33 heavy (non-hydrogen) atoms. The van der Waals surface area contributed by atoms with Gasteiger partial charge in [-0.25, -0.2) is 13.2 Å². The molecule has 2 unspecified atom stereocenters. The third-order valence-corrected chi connectivity index (χ3v) is 6.98. The Labute approximate surface area is 196 Å². The highest BCUT2D eigenvalue weighted by Gasteiger charge is 2.32. The molecule has 1 aliphatic heterocycles. The number of sulfonamides is 1. The SMILES string of the molecule is CC1CN(S(=O)(=O)c2ccc(C(=O)OCC(=O)Nc3ccc(C#N)c(Cl)c3)cc2)CC(C)O1. The van der Waals surface area contributed by atoms with E-state index in [9.17, 15) is 18.0 Å². The molecule has 11 heteroatoms. The average Bonchev–Trinajstić information content (AvgIpc) is 2.77. The van der Waals surface area contributed by atoms with Crippen molar-refractivity contribution >= 4 is 39.2 Å². The molecule has 2 aromatic carbocycles. The van der Waals surface area contributed by atoms with Gasteiger partial charge in [-0.1, -0.05) is 11.6 Å². The number of carbonyl (C=O) groups excluding carboxylic acids is 2. The maximum atomic E-state index is 12.9. The third kappa shape index (κ3) is 6.09. The van der Waals surface area contributed by atoms with Crippen LogP contribution in [0.1, 0.15) is 29.8 Å². The van der Waals surface area contributed by atoms with Crippen LogP contribution in [0.25, 0.3) is 0 Å². The number of hydrogen-bond acceptors (Lipinski definition) is 7. The van der Waals surface area contributed by atoms with Gasteiger partial charge in [-0.2, -0.15) is 9.57 Å². The summed E-state index contributed by atoms with van der Waals surface area (Å²) >= 11 is 5.92. The van der Waals surface area contributed by atoms with Crippen molar-refractivity contribution in [2.45, 2.75) is 31.0 Å². The van der Waals surface area contributed by atoms with Gasteiger partial charge in [-0.05, 0) is 56.3 Å². The lowest BCUT2D eigenvalue weighted by molar-refractivity contribution is -0.119. The van der Waals surface area contributed by atoms with Crippen molar-refractivity contribution in [1.82, 2.24) is 4.31 Å². The molecule has 1 fully saturated rings. The van der Waals surface area contributed by atoms with Crippen LogP contribution in [0.3, 0.4) is 0 Å². The van der Waals surface area contributed by atoms with Crippen molar-refractivity contribution in [3.05, 3.63) is 58.6 Å². The molecule has 1 saturated heterocycles. The molecular formula is C22H22ClN3O6S. The molecule has 0 spiro atoms. The van der Waals surface area contributed by atoms with Crippen LogP contribution < -0.4 is 5.32 Å². The van der Waals surface area contributed by atoms with E-state index in [4.69, 9.17) is 26.3 Å². The van der Waals surface area contributed by atoms with Gasteiger partial charge in [-0.15, -0.1) is 0 Å². The minimum atomic E-state index is -3.73. The van der Waals surface area contributed by atoms with E-state index < -0.39 is 28.5 Å². The number of nitriles is 1. The molecule has 1 heterocycles. The standard InChI is InChI=1S/C22H22ClN3O6S/c1-14-11-26(12-15(2)32-14)33(29,30)19-7-4-16(5-8-19)22(28)31-13-21(27)25-18-6-3-17(10-24)20(23)9-18/h3-9,14-15H,11-13H2,1-2H3,(H,25,27). The lowest BCUT2D eigenvalue weighted by Crippen LogP contribution is -2.48. The predicted molar refractivity (Wildman–Crippen MR) is 120 cm³/mol. The van der Waals surface area contributed by atoms with E-state index in [0.29, 0.717) is 5.69 Å². The minimum absolute atomic E-state index is 0.0517. The van der Waals surface area contributed by atoms with Gasteiger partial charge in [0.25, 0.3) is 5.91 Å². The molecule has 0 bridgehead atoms. The van der Waals surface area contributed by atoms with Crippen molar-refractivity contribution < 1.29 is 27.5 Å². The molecule has 9 nitrogen and oxygen atoms in total. The van der Waals surface area contributed by atoms with Crippen LogP contribution in [0.4, 0.5) is 5.69 Å². The fourth-order valence-corrected chi connectivity index (χ4v) is 5.15. The van der Waals surface area contributed by atoms with E-state index in [2.05, 4.69) is 5.32 Å². The molecule has 1 aliphatic rings. The van der Waals surface area contributed by atoms with Crippen LogP contribution in [0.5, 0.6) is 0 Å². The number of esters is 1. The van der Waals surface area contributed by atoms with E-state index in [1.54, 1.807) is 0 Å². The number of anilines is 1. The lowest BCUT2D eigenvalue weighted by atomic mass is 10.2. The molecule has 0 radical (unpaired) electrons. The summed E-state index contributed by atoms with van der Waals surface area (Å²) in [5.41, 5.74) is 0.720. The zero-order valence-corrected chi connectivity index (χ0v) is 19.5. The highest BCUT2D eigenvalue weighted by Crippen LogP contribution is 2.22. The van der Waals surface area contributed by atoms with E-state index in [-0.39, 0.29) is 46.3 Å². The second-order valence-electron chi connectivity index (χ2n) is 7.53. The predicted octanol–water partition coefficient (Wildman–Crippen LogP) is 2.81. The number of benzene rings is 2. The van der Waals surface area contributed by atoms with Crippen molar-refractivity contribution in [2.75, 3.05) is 25.0 Å². The van der Waals surface area contributed by atoms with Crippen molar-refractivity contribution in [2.24, 2.45) is 0 Å². The number of halogens is 1. The van der Waals surface area contributed by atoms with Gasteiger partial charge < -0.3 is 14.8 Å². The topological polar surface area (TPSA) is 126 Å². The van der Waals surface area contributed by atoms with Crippen molar-refractivity contribution in [3.63, 3.8) is 0 Å². The Morgan fingerprint density at radius 3 is 2.39 bits per heavy atom. The van der Waals surface area contributed by atoms with E-state index in [1.807, 2.05) is 19.9 Å². The van der Waals surface area contributed by atoms with Gasteiger partial charge >= 0.3 is 5.97 Å². The van der Waals surface area contributed by atoms with Gasteiger partial charge in [0, 0.05) is 18.8 Å². The van der Waals surface area contributed by atoms with Gasteiger partial charge in [0.2, 0.25) is 10.0 Å². The summed E-state index contributed by atoms with van der Waals surface area (Å²) in [6.45, 7) is 3.55. The molecule has 1 amide bonds. The van der Waals surface area contributed by atoms with Gasteiger partial charge in [-0.3, -0.25) is 4.79 Å². The normalized spacial score (nSPS) is 18.8. The minimum Gasteiger partial charge on any atom is -0.452 e. The summed E-state index contributed by atoms with van der Waals surface area (Å²) in [7, 11) is -3.73. The summed E-state index contributed by atoms with van der Waals surface area (Å²) in [6.07, 6.45) is -0.437. The molecule has 2 atom stereocenters. The first kappa shape index (κ1) is 24.7. The first-order valence-electron chi connectivity index (χ1n) is 10.0. The summed E-state index contributed by atoms with van der Waals surface area (Å²) in [5, 5.41) is 11.6. The second-order valence-corrected chi connectivity index (χ2v) is 9.88. The number of ether oxygens (including phenoxy) is 2. The van der Waals surface area contributed by atoms with Crippen molar-refractivity contribution in [3.8, 4) is 6.07 Å². The molecule has 1 N–H and O–H groups in total. The van der Waals surface area contributed by atoms with Crippen molar-refractivity contribution in [1.29, 1.82) is 5.26 Å². The molecule has 2 aromatic rings. The summed E-state index contributed by atoms with van der Waals surface area (Å²) in [6, 6.07) is 11.6. The second kappa shape index (κ2) is 10.3. The number of rotatable bonds is 6. The smallest absolute Gasteiger partial charge is 0.338 e. The highest BCUT2D eigenvalue weighted by atomic mass is 35.5. The largest absolute Gasteiger partial charge is 0.452 e. The summed E-state index contributed by atoms with van der Waals surface area (Å²) < 4.78 is 37.7. The number of nitrogens with one attached hydrogen (secondary N) is 1. The lowest BCUT2D eigenvalue weighted by Gasteiger charge is -2.34. The molecular weight excluding hydrogens is 470 g/mol. The monoisotopic (exact) mass is 491 g/mol. The van der Waals surface area contributed by atoms with E-state index in [1.165, 1.54) is 46.8 Å². The maximum absolute atomic E-state index is 12.9. The molecule has 3 rings (SSSR count). The van der Waals surface area contributed by atoms with Crippen LogP contribution >= 0.6 is 11.6 Å². The molecule has 0 aromatic heterocycles. The first-order chi connectivity index (χ1) is 15.6. The zero-order chi connectivity index (χ0) is 24.2. The van der Waals surface area contributed by atoms with E-state index in [0.717, 1.165) is 0 Å². The Balaban J connectivity index is 1.58. The Morgan fingerprint density at radius 2 is 1.82 bits per heavy atom. The fraction of sp³-hybridized carbons (Fsp3) is 0.318. The number of nitrogens with zero attached hydrogens (tertiary/aromatic N) is 2. The Hall–Kier alpha value is -2.97. The summed E-state index contributed by atoms with van der Waals surface area (Å²) in [5.74, 6) is -1.38. The molecule has 174 valence electrons. The van der Waals surface area contributed by atoms with Crippen LogP contribution in [0, 0.1) is 11.3 Å². The third-order valence-electron chi connectivity index (χ3n) is 4.82. The van der Waals surface area contributed by atoms with Gasteiger partial charge in [0.1, 0.15) is 6.07 Å². The molecule has 0 aliphatic carbocycles. The van der Waals surface area contributed by atoms with Gasteiger partial charge in [0.15, 0.2) is 6.61 Å². The van der Waals surface area contributed by atoms with Crippen LogP contribution in [-0.2, 0) is 24.3 Å². The van der Waals surface area contributed by atoms with Crippen LogP contribution in [-0.4, -0.2) is 56.5 Å². The molecule has 0 saturated carbocycles. The van der Waals surface area contributed by atoms with E-state index >= 15 is 0 Å². The number of carbonyl (C=O) groups is 2. The Morgan fingerprint density at radius 1 is 1.18 bits per heavy atom. The highest BCUT2D eigenvalue weighted by molar-refractivity contribution is 7.89. The van der Waals surface area contributed by atoms with Crippen LogP contribution in [0.15, 0.2) is 47.4 Å². The number of morpholine rings is 1. The van der Waals surface area contributed by atoms with Crippen LogP contribution in [0.2, 0.25) is 5.02 Å². The Bertz CT molecular complexity index is 1180. The average molecular weight is 492 g/mol. The quantitative estimate of drug-likeness (QED) is 0.615. The summed E-state index contributed by atoms with van der Waals surface area (Å²) in [4.78, 5) is 24.3. The maximum Gasteiger partial charge on any atom is 0.338 e. The number of amides is 1. The van der Waals surface area contributed by atoms with Gasteiger partial charge in [0.05, 0.1) is 33.3 Å². The zero-order valence-electron chi connectivity index (χ0n) is 17.9. The fourth-order valence-electron chi connectivity index (χ4n) is 3.33.